The minimum Gasteiger partial charge on any atom is -0.475 e. The molecule has 12 N–H and O–H groups in total. The average Bonchev–Trinajstić information content (AvgIpc) is 3.07. The summed E-state index contributed by atoms with van der Waals surface area (Å²) in [6.45, 7) is 0.280. The molecule has 3 atom stereocenters. The van der Waals surface area contributed by atoms with Gasteiger partial charge in [0.25, 0.3) is 0 Å². The number of benzene rings is 3. The number of halogens is 3. The molecule has 0 aromatic heterocycles. The molecule has 0 bridgehead atoms. The van der Waals surface area contributed by atoms with E-state index < -0.39 is 42.0 Å². The van der Waals surface area contributed by atoms with Gasteiger partial charge in [-0.3, -0.25) is 24.8 Å². The smallest absolute Gasteiger partial charge is 0.475 e. The SMILES string of the molecule is N=C(N)c1ccc(C[C@H](C(=O)N[C@@H](CCc2ccccc2)C(=O)NC(CCCN=C(N)N)C(N)=O)c2ccccc2)cc1.O=C(O)C(F)(F)F. The number of aliphatic carboxylic acids is 1. The van der Waals surface area contributed by atoms with Crippen molar-refractivity contribution in [3.63, 3.8) is 0 Å². The van der Waals surface area contributed by atoms with Gasteiger partial charge >= 0.3 is 12.1 Å². The van der Waals surface area contributed by atoms with E-state index in [1.807, 2.05) is 72.8 Å². The van der Waals surface area contributed by atoms with Crippen molar-refractivity contribution in [3.8, 4) is 0 Å². The number of carbonyl (C=O) groups is 4. The maximum absolute atomic E-state index is 13.9. The summed E-state index contributed by atoms with van der Waals surface area (Å²) < 4.78 is 31.7. The van der Waals surface area contributed by atoms with E-state index in [-0.39, 0.29) is 30.7 Å². The van der Waals surface area contributed by atoms with Gasteiger partial charge in [0.15, 0.2) is 5.96 Å². The first-order chi connectivity index (χ1) is 23.6. The predicted octanol–water partition coefficient (Wildman–Crippen LogP) is 2.07. The van der Waals surface area contributed by atoms with Gasteiger partial charge in [-0.05, 0) is 48.8 Å². The molecule has 0 aliphatic heterocycles. The maximum atomic E-state index is 13.9. The minimum atomic E-state index is -5.08. The molecule has 1 unspecified atom stereocenters. The van der Waals surface area contributed by atoms with E-state index in [0.717, 1.165) is 16.7 Å². The van der Waals surface area contributed by atoms with Crippen LogP contribution in [0, 0.1) is 5.41 Å². The Balaban J connectivity index is 0.00000112. The lowest BCUT2D eigenvalue weighted by atomic mass is 9.90. The van der Waals surface area contributed by atoms with Crippen LogP contribution >= 0.6 is 0 Å². The minimum absolute atomic E-state index is 0.0401. The summed E-state index contributed by atoms with van der Waals surface area (Å²) in [6, 6.07) is 24.2. The number of amidine groups is 1. The first kappa shape index (κ1) is 40.2. The highest BCUT2D eigenvalue weighted by atomic mass is 19.4. The molecule has 0 fully saturated rings. The molecule has 0 saturated carbocycles. The number of aryl methyl sites for hydroxylation is 1. The van der Waals surface area contributed by atoms with Crippen LogP contribution in [-0.2, 0) is 32.0 Å². The van der Waals surface area contributed by atoms with Crippen molar-refractivity contribution in [3.05, 3.63) is 107 Å². The number of rotatable bonds is 16. The topological polar surface area (TPSA) is 253 Å². The molecule has 3 aromatic rings. The zero-order valence-corrected chi connectivity index (χ0v) is 27.0. The molecule has 0 aliphatic rings. The van der Waals surface area contributed by atoms with Gasteiger partial charge < -0.3 is 38.7 Å². The van der Waals surface area contributed by atoms with Crippen LogP contribution in [0.2, 0.25) is 0 Å². The largest absolute Gasteiger partial charge is 0.490 e. The summed E-state index contributed by atoms with van der Waals surface area (Å²) in [7, 11) is 0. The predicted molar refractivity (Wildman–Crippen MR) is 182 cm³/mol. The second-order valence-electron chi connectivity index (χ2n) is 11.1. The van der Waals surface area contributed by atoms with Crippen LogP contribution in [0.15, 0.2) is 89.9 Å². The fourth-order valence-electron chi connectivity index (χ4n) is 4.66. The van der Waals surface area contributed by atoms with Crippen LogP contribution in [0.5, 0.6) is 0 Å². The van der Waals surface area contributed by atoms with Crippen molar-refractivity contribution < 1.29 is 37.5 Å². The summed E-state index contributed by atoms with van der Waals surface area (Å²) in [5.74, 6) is -5.00. The number of nitrogens with one attached hydrogen (secondary N) is 3. The second-order valence-corrected chi connectivity index (χ2v) is 11.1. The molecule has 3 rings (SSSR count). The molecule has 0 saturated heterocycles. The molecular formula is C34H41F3N8O5. The maximum Gasteiger partial charge on any atom is 0.490 e. The van der Waals surface area contributed by atoms with Gasteiger partial charge in [-0.1, -0.05) is 84.9 Å². The van der Waals surface area contributed by atoms with E-state index in [1.165, 1.54) is 0 Å². The Morgan fingerprint density at radius 2 is 1.30 bits per heavy atom. The van der Waals surface area contributed by atoms with E-state index in [1.54, 1.807) is 12.1 Å². The number of nitrogens with zero attached hydrogens (tertiary/aromatic N) is 1. The fourth-order valence-corrected chi connectivity index (χ4v) is 4.66. The average molecular weight is 699 g/mol. The zero-order valence-electron chi connectivity index (χ0n) is 27.0. The quantitative estimate of drug-likeness (QED) is 0.0623. The number of hydrogen-bond donors (Lipinski definition) is 8. The lowest BCUT2D eigenvalue weighted by Crippen LogP contribution is -2.53. The number of nitrogens with two attached hydrogens (primary N) is 4. The van der Waals surface area contributed by atoms with Gasteiger partial charge in [0.2, 0.25) is 17.7 Å². The van der Waals surface area contributed by atoms with Crippen molar-refractivity contribution in [2.24, 2.45) is 27.9 Å². The number of carbonyl (C=O) groups excluding carboxylic acids is 3. The van der Waals surface area contributed by atoms with Gasteiger partial charge in [0.05, 0.1) is 5.92 Å². The highest BCUT2D eigenvalue weighted by molar-refractivity contribution is 5.95. The Morgan fingerprint density at radius 3 is 1.80 bits per heavy atom. The fraction of sp³-hybridized carbons (Fsp3) is 0.294. The Kier molecular flexibility index (Phi) is 15.9. The van der Waals surface area contributed by atoms with E-state index in [4.69, 9.17) is 38.2 Å². The summed E-state index contributed by atoms with van der Waals surface area (Å²) in [5.41, 5.74) is 25.2. The normalized spacial score (nSPS) is 12.5. The van der Waals surface area contributed by atoms with E-state index >= 15 is 0 Å². The van der Waals surface area contributed by atoms with Gasteiger partial charge in [0.1, 0.15) is 17.9 Å². The van der Waals surface area contributed by atoms with Crippen LogP contribution in [0.25, 0.3) is 0 Å². The molecule has 3 amide bonds. The standard InChI is InChI=1S/C32H40N8O3.C2HF3O2/c33-28(34)24-16-13-22(14-17-24)20-25(23-10-5-2-6-11-23)30(42)40-27(18-15-21-8-3-1-4-9-21)31(43)39-26(29(35)41)12-7-19-38-32(36)37;3-2(4,5)1(6)7/h1-6,8-11,13-14,16-17,25-27H,7,12,15,18-20H2,(H3,33,34)(H2,35,41)(H,39,43)(H,40,42)(H4,36,37,38);(H,6,7)/t25-,26?,27-;/m0./s1. The highest BCUT2D eigenvalue weighted by Gasteiger charge is 2.38. The third kappa shape index (κ3) is 14.5. The lowest BCUT2D eigenvalue weighted by molar-refractivity contribution is -0.192. The van der Waals surface area contributed by atoms with Crippen molar-refractivity contribution in [1.29, 1.82) is 5.41 Å². The highest BCUT2D eigenvalue weighted by Crippen LogP contribution is 2.22. The van der Waals surface area contributed by atoms with Crippen molar-refractivity contribution in [2.75, 3.05) is 6.54 Å². The summed E-state index contributed by atoms with van der Waals surface area (Å²) in [4.78, 5) is 52.4. The van der Waals surface area contributed by atoms with Crippen LogP contribution in [0.3, 0.4) is 0 Å². The van der Waals surface area contributed by atoms with Crippen LogP contribution < -0.4 is 33.6 Å². The van der Waals surface area contributed by atoms with E-state index in [9.17, 15) is 27.6 Å². The first-order valence-electron chi connectivity index (χ1n) is 15.4. The number of aliphatic imine (C=N–C) groups is 1. The van der Waals surface area contributed by atoms with Gasteiger partial charge in [-0.25, -0.2) is 4.79 Å². The number of carboxylic acids is 1. The molecule has 0 radical (unpaired) electrons. The summed E-state index contributed by atoms with van der Waals surface area (Å²) in [6.07, 6.45) is -3.25. The lowest BCUT2D eigenvalue weighted by Gasteiger charge is -2.25. The molecule has 3 aromatic carbocycles. The number of alkyl halides is 3. The van der Waals surface area contributed by atoms with Gasteiger partial charge in [-0.2, -0.15) is 13.2 Å². The Hall–Kier alpha value is -5.93. The third-order valence-electron chi connectivity index (χ3n) is 7.27. The number of hydrogen-bond acceptors (Lipinski definition) is 6. The van der Waals surface area contributed by atoms with Crippen LogP contribution in [0.1, 0.15) is 47.4 Å². The Morgan fingerprint density at radius 1 is 0.760 bits per heavy atom. The summed E-state index contributed by atoms with van der Waals surface area (Å²) in [5, 5.41) is 20.4. The monoisotopic (exact) mass is 698 g/mol. The van der Waals surface area contributed by atoms with Crippen molar-refractivity contribution >= 4 is 35.5 Å². The second kappa shape index (κ2) is 19.8. The molecule has 0 heterocycles. The van der Waals surface area contributed by atoms with Gasteiger partial charge in [-0.15, -0.1) is 0 Å². The molecule has 50 heavy (non-hydrogen) atoms. The van der Waals surface area contributed by atoms with Crippen molar-refractivity contribution in [1.82, 2.24) is 10.6 Å². The Labute approximate surface area is 286 Å². The third-order valence-corrected chi connectivity index (χ3v) is 7.27. The molecule has 268 valence electrons. The molecule has 0 aliphatic carbocycles. The number of carboxylic acid groups (broad SMARTS) is 1. The molecule has 0 spiro atoms. The van der Waals surface area contributed by atoms with Crippen LogP contribution in [0.4, 0.5) is 13.2 Å². The van der Waals surface area contributed by atoms with Gasteiger partial charge in [0, 0.05) is 12.1 Å². The van der Waals surface area contributed by atoms with Crippen LogP contribution in [-0.4, -0.2) is 65.4 Å². The molecule has 16 heteroatoms. The number of nitrogen functional groups attached to an aromatic ring is 1. The first-order valence-corrected chi connectivity index (χ1v) is 15.4. The molecule has 13 nitrogen and oxygen atoms in total. The zero-order chi connectivity index (χ0) is 37.3. The number of amides is 3. The van der Waals surface area contributed by atoms with E-state index in [0.29, 0.717) is 31.2 Å². The molecular weight excluding hydrogens is 657 g/mol. The van der Waals surface area contributed by atoms with E-state index in [2.05, 4.69) is 15.6 Å². The number of primary amides is 1. The van der Waals surface area contributed by atoms with Crippen molar-refractivity contribution in [2.45, 2.75) is 56.3 Å². The summed E-state index contributed by atoms with van der Waals surface area (Å²) >= 11 is 0. The number of guanidine groups is 1. The Bertz CT molecular complexity index is 1600.